The van der Waals surface area contributed by atoms with Crippen LogP contribution in [0.3, 0.4) is 0 Å². The fraction of sp³-hybridized carbons (Fsp3) is 0.500. The Labute approximate surface area is 91.5 Å². The van der Waals surface area contributed by atoms with E-state index in [9.17, 15) is 4.79 Å². The summed E-state index contributed by atoms with van der Waals surface area (Å²) in [7, 11) is 0. The zero-order valence-electron chi connectivity index (χ0n) is 9.76. The van der Waals surface area contributed by atoms with E-state index >= 15 is 0 Å². The van der Waals surface area contributed by atoms with Crippen LogP contribution in [0.5, 0.6) is 0 Å². The van der Waals surface area contributed by atoms with Gasteiger partial charge in [0.1, 0.15) is 5.78 Å². The first-order valence-electron chi connectivity index (χ1n) is 5.61. The van der Waals surface area contributed by atoms with Crippen molar-refractivity contribution in [2.45, 2.75) is 40.0 Å². The van der Waals surface area contributed by atoms with Crippen molar-refractivity contribution >= 4 is 5.78 Å². The standard InChI is InChI=1S/C14H18O/c1-10-4-5-13(8-11(10)2)9-14(6-7-14)12(3)15/h4-5,8H,6-7,9H2,1-3H3. The Morgan fingerprint density at radius 2 is 1.93 bits per heavy atom. The highest BCUT2D eigenvalue weighted by molar-refractivity contribution is 5.85. The molecule has 0 amide bonds. The molecule has 1 aromatic carbocycles. The molecule has 0 aliphatic heterocycles. The highest BCUT2D eigenvalue weighted by atomic mass is 16.1. The lowest BCUT2D eigenvalue weighted by molar-refractivity contribution is -0.121. The first kappa shape index (κ1) is 10.4. The number of benzene rings is 1. The number of carbonyl (C=O) groups is 1. The molecule has 2 rings (SSSR count). The maximum atomic E-state index is 11.5. The van der Waals surface area contributed by atoms with E-state index in [4.69, 9.17) is 0 Å². The van der Waals surface area contributed by atoms with E-state index in [2.05, 4.69) is 32.0 Å². The summed E-state index contributed by atoms with van der Waals surface area (Å²) in [6.07, 6.45) is 3.09. The number of ketones is 1. The van der Waals surface area contributed by atoms with Crippen molar-refractivity contribution in [1.29, 1.82) is 0 Å². The van der Waals surface area contributed by atoms with Crippen LogP contribution in [-0.2, 0) is 11.2 Å². The summed E-state index contributed by atoms with van der Waals surface area (Å²) in [5, 5.41) is 0. The molecular formula is C14H18O. The van der Waals surface area contributed by atoms with Crippen LogP contribution in [0.25, 0.3) is 0 Å². The highest BCUT2D eigenvalue weighted by Gasteiger charge is 2.46. The summed E-state index contributed by atoms with van der Waals surface area (Å²) < 4.78 is 0. The molecule has 0 aromatic heterocycles. The Balaban J connectivity index is 2.18. The Kier molecular flexibility index (Phi) is 2.41. The lowest BCUT2D eigenvalue weighted by atomic mass is 9.91. The lowest BCUT2D eigenvalue weighted by Crippen LogP contribution is -2.15. The van der Waals surface area contributed by atoms with E-state index in [1.807, 2.05) is 0 Å². The van der Waals surface area contributed by atoms with Gasteiger partial charge in [-0.3, -0.25) is 4.79 Å². The Bertz CT molecular complexity index is 400. The Morgan fingerprint density at radius 3 is 2.40 bits per heavy atom. The van der Waals surface area contributed by atoms with Crippen LogP contribution >= 0.6 is 0 Å². The summed E-state index contributed by atoms with van der Waals surface area (Å²) in [5.74, 6) is 0.362. The van der Waals surface area contributed by atoms with Gasteiger partial charge in [-0.1, -0.05) is 18.2 Å². The van der Waals surface area contributed by atoms with Crippen LogP contribution in [0.4, 0.5) is 0 Å². The van der Waals surface area contributed by atoms with Crippen molar-refractivity contribution in [1.82, 2.24) is 0 Å². The second-order valence-electron chi connectivity index (χ2n) is 4.93. The monoisotopic (exact) mass is 202 g/mol. The van der Waals surface area contributed by atoms with Crippen molar-refractivity contribution in [3.63, 3.8) is 0 Å². The molecule has 1 aliphatic carbocycles. The predicted octanol–water partition coefficient (Wildman–Crippen LogP) is 3.22. The summed E-state index contributed by atoms with van der Waals surface area (Å²) in [6.45, 7) is 5.98. The molecule has 0 unspecified atom stereocenters. The molecule has 0 saturated heterocycles. The van der Waals surface area contributed by atoms with Crippen molar-refractivity contribution in [2.75, 3.05) is 0 Å². The fourth-order valence-electron chi connectivity index (χ4n) is 2.11. The molecule has 15 heavy (non-hydrogen) atoms. The molecule has 0 spiro atoms. The molecule has 0 radical (unpaired) electrons. The van der Waals surface area contributed by atoms with Gasteiger partial charge < -0.3 is 0 Å². The summed E-state index contributed by atoms with van der Waals surface area (Å²) in [4.78, 5) is 11.5. The van der Waals surface area contributed by atoms with Gasteiger partial charge >= 0.3 is 0 Å². The molecule has 1 heteroatoms. The van der Waals surface area contributed by atoms with Crippen LogP contribution < -0.4 is 0 Å². The number of rotatable bonds is 3. The highest BCUT2D eigenvalue weighted by Crippen LogP contribution is 2.49. The number of carbonyl (C=O) groups excluding carboxylic acids is 1. The third kappa shape index (κ3) is 1.97. The minimum absolute atomic E-state index is 0.00168. The molecule has 1 nitrogen and oxygen atoms in total. The van der Waals surface area contributed by atoms with Crippen molar-refractivity contribution in [2.24, 2.45) is 5.41 Å². The average Bonchev–Trinajstić information content (AvgIpc) is 2.93. The summed E-state index contributed by atoms with van der Waals surface area (Å²) in [5.41, 5.74) is 3.96. The van der Waals surface area contributed by atoms with Gasteiger partial charge in [0.25, 0.3) is 0 Å². The summed E-state index contributed by atoms with van der Waals surface area (Å²) >= 11 is 0. The molecular weight excluding hydrogens is 184 g/mol. The number of hydrogen-bond acceptors (Lipinski definition) is 1. The van der Waals surface area contributed by atoms with Gasteiger partial charge in [0.15, 0.2) is 0 Å². The molecule has 0 bridgehead atoms. The number of hydrogen-bond donors (Lipinski definition) is 0. The second-order valence-corrected chi connectivity index (χ2v) is 4.93. The van der Waals surface area contributed by atoms with Crippen LogP contribution in [0.2, 0.25) is 0 Å². The van der Waals surface area contributed by atoms with Crippen LogP contribution in [0.15, 0.2) is 18.2 Å². The maximum Gasteiger partial charge on any atom is 0.136 e. The zero-order chi connectivity index (χ0) is 11.1. The molecule has 0 atom stereocenters. The second kappa shape index (κ2) is 3.48. The topological polar surface area (TPSA) is 17.1 Å². The molecule has 1 saturated carbocycles. The summed E-state index contributed by atoms with van der Waals surface area (Å²) in [6, 6.07) is 6.53. The van der Waals surface area contributed by atoms with Crippen LogP contribution in [0, 0.1) is 19.3 Å². The fourth-order valence-corrected chi connectivity index (χ4v) is 2.11. The zero-order valence-corrected chi connectivity index (χ0v) is 9.76. The minimum atomic E-state index is 0.00168. The van der Waals surface area contributed by atoms with E-state index in [1.165, 1.54) is 16.7 Å². The predicted molar refractivity (Wildman–Crippen MR) is 62.0 cm³/mol. The normalized spacial score (nSPS) is 17.5. The molecule has 0 N–H and O–H groups in total. The van der Waals surface area contributed by atoms with E-state index in [-0.39, 0.29) is 5.41 Å². The molecule has 1 aliphatic rings. The van der Waals surface area contributed by atoms with Gasteiger partial charge in [0.2, 0.25) is 0 Å². The van der Waals surface area contributed by atoms with E-state index < -0.39 is 0 Å². The van der Waals surface area contributed by atoms with Crippen LogP contribution in [0.1, 0.15) is 36.5 Å². The third-order valence-electron chi connectivity index (χ3n) is 3.71. The van der Waals surface area contributed by atoms with Gasteiger partial charge in [0.05, 0.1) is 0 Å². The molecule has 1 fully saturated rings. The SMILES string of the molecule is CC(=O)C1(Cc2ccc(C)c(C)c2)CC1. The Morgan fingerprint density at radius 1 is 1.27 bits per heavy atom. The Hall–Kier alpha value is -1.11. The van der Waals surface area contributed by atoms with Crippen molar-refractivity contribution < 1.29 is 4.79 Å². The van der Waals surface area contributed by atoms with Gasteiger partial charge in [-0.05, 0) is 56.7 Å². The largest absolute Gasteiger partial charge is 0.299 e. The average molecular weight is 202 g/mol. The third-order valence-corrected chi connectivity index (χ3v) is 3.71. The quantitative estimate of drug-likeness (QED) is 0.735. The molecule has 80 valence electrons. The van der Waals surface area contributed by atoms with Gasteiger partial charge in [-0.15, -0.1) is 0 Å². The lowest BCUT2D eigenvalue weighted by Gasteiger charge is -2.12. The van der Waals surface area contributed by atoms with E-state index in [0.717, 1.165) is 19.3 Å². The molecule has 0 heterocycles. The number of aryl methyl sites for hydroxylation is 2. The van der Waals surface area contributed by atoms with Gasteiger partial charge in [0, 0.05) is 5.41 Å². The van der Waals surface area contributed by atoms with E-state index in [1.54, 1.807) is 6.92 Å². The first-order chi connectivity index (χ1) is 7.03. The maximum absolute atomic E-state index is 11.5. The number of Topliss-reactive ketones (excluding diaryl/α,β-unsaturated/α-hetero) is 1. The van der Waals surface area contributed by atoms with Crippen LogP contribution in [-0.4, -0.2) is 5.78 Å². The smallest absolute Gasteiger partial charge is 0.136 e. The first-order valence-corrected chi connectivity index (χ1v) is 5.61. The van der Waals surface area contributed by atoms with Gasteiger partial charge in [-0.2, -0.15) is 0 Å². The molecule has 1 aromatic rings. The van der Waals surface area contributed by atoms with Gasteiger partial charge in [-0.25, -0.2) is 0 Å². The minimum Gasteiger partial charge on any atom is -0.299 e. The van der Waals surface area contributed by atoms with Crippen molar-refractivity contribution in [3.05, 3.63) is 34.9 Å². The van der Waals surface area contributed by atoms with E-state index in [0.29, 0.717) is 5.78 Å². The van der Waals surface area contributed by atoms with Crippen molar-refractivity contribution in [3.8, 4) is 0 Å².